The summed E-state index contributed by atoms with van der Waals surface area (Å²) in [5, 5.41) is 0. The first kappa shape index (κ1) is 9.76. The van der Waals surface area contributed by atoms with E-state index in [-0.39, 0.29) is 18.5 Å². The van der Waals surface area contributed by atoms with Crippen molar-refractivity contribution in [2.24, 2.45) is 10.7 Å². The Bertz CT molecular complexity index is 291. The van der Waals surface area contributed by atoms with Crippen LogP contribution in [0.2, 0.25) is 0 Å². The van der Waals surface area contributed by atoms with E-state index in [1.54, 1.807) is 0 Å². The fraction of sp³-hybridized carbons (Fsp3) is 0.429. The molecule has 72 valence electrons. The van der Waals surface area contributed by atoms with Crippen molar-refractivity contribution in [3.8, 4) is 0 Å². The van der Waals surface area contributed by atoms with Crippen molar-refractivity contribution in [1.29, 1.82) is 0 Å². The predicted octanol–water partition coefficient (Wildman–Crippen LogP) is 1.15. The SMILES string of the molecule is NC(=O)C1=CCCC(C(F)(F)F)=N1. The third kappa shape index (κ3) is 2.30. The van der Waals surface area contributed by atoms with E-state index in [0.717, 1.165) is 0 Å². The largest absolute Gasteiger partial charge is 0.429 e. The Kier molecular flexibility index (Phi) is 2.40. The summed E-state index contributed by atoms with van der Waals surface area (Å²) >= 11 is 0. The number of carbonyl (C=O) groups excluding carboxylic acids is 1. The lowest BCUT2D eigenvalue weighted by atomic mass is 10.1. The third-order valence-corrected chi connectivity index (χ3v) is 1.55. The quantitative estimate of drug-likeness (QED) is 0.665. The molecule has 0 bridgehead atoms. The molecule has 6 heteroatoms. The molecule has 0 aromatic rings. The minimum absolute atomic E-state index is 0.149. The van der Waals surface area contributed by atoms with E-state index in [1.165, 1.54) is 6.08 Å². The second kappa shape index (κ2) is 3.20. The minimum Gasteiger partial charge on any atom is -0.364 e. The van der Waals surface area contributed by atoms with Crippen LogP contribution in [0.4, 0.5) is 13.2 Å². The predicted molar refractivity (Wildman–Crippen MR) is 40.0 cm³/mol. The molecule has 0 spiro atoms. The van der Waals surface area contributed by atoms with Crippen LogP contribution in [0.15, 0.2) is 16.8 Å². The average Bonchev–Trinajstić information content (AvgIpc) is 2.03. The second-order valence-corrected chi connectivity index (χ2v) is 2.55. The Labute approximate surface area is 72.1 Å². The monoisotopic (exact) mass is 192 g/mol. The van der Waals surface area contributed by atoms with Crippen LogP contribution in [0.3, 0.4) is 0 Å². The van der Waals surface area contributed by atoms with Crippen LogP contribution in [0.5, 0.6) is 0 Å². The van der Waals surface area contributed by atoms with Gasteiger partial charge < -0.3 is 5.73 Å². The standard InChI is InChI=1S/C7H7F3N2O/c8-7(9,10)5-3-1-2-4(12-5)6(11)13/h2H,1,3H2,(H2,11,13). The van der Waals surface area contributed by atoms with Gasteiger partial charge in [-0.05, 0) is 12.8 Å². The molecule has 1 aliphatic rings. The van der Waals surface area contributed by atoms with Gasteiger partial charge in [0, 0.05) is 0 Å². The summed E-state index contributed by atoms with van der Waals surface area (Å²) in [6.07, 6.45) is -3.20. The van der Waals surface area contributed by atoms with Crippen LogP contribution in [0, 0.1) is 0 Å². The normalized spacial score (nSPS) is 17.8. The van der Waals surface area contributed by atoms with Gasteiger partial charge in [0.2, 0.25) is 0 Å². The van der Waals surface area contributed by atoms with Crippen molar-refractivity contribution >= 4 is 11.6 Å². The highest BCUT2D eigenvalue weighted by Crippen LogP contribution is 2.24. The van der Waals surface area contributed by atoms with E-state index in [9.17, 15) is 18.0 Å². The zero-order valence-corrected chi connectivity index (χ0v) is 6.56. The molecular formula is C7H7F3N2O. The third-order valence-electron chi connectivity index (χ3n) is 1.55. The van der Waals surface area contributed by atoms with Crippen molar-refractivity contribution in [1.82, 2.24) is 0 Å². The van der Waals surface area contributed by atoms with E-state index in [4.69, 9.17) is 5.73 Å². The number of carbonyl (C=O) groups is 1. The molecule has 2 N–H and O–H groups in total. The zero-order valence-electron chi connectivity index (χ0n) is 6.56. The number of hydrogen-bond donors (Lipinski definition) is 1. The van der Waals surface area contributed by atoms with Gasteiger partial charge in [0.05, 0.1) is 0 Å². The van der Waals surface area contributed by atoms with Gasteiger partial charge in [-0.3, -0.25) is 4.79 Å². The lowest BCUT2D eigenvalue weighted by Crippen LogP contribution is -2.26. The van der Waals surface area contributed by atoms with Gasteiger partial charge in [0.25, 0.3) is 5.91 Å². The molecule has 0 atom stereocenters. The van der Waals surface area contributed by atoms with E-state index >= 15 is 0 Å². The summed E-state index contributed by atoms with van der Waals surface area (Å²) in [4.78, 5) is 13.6. The van der Waals surface area contributed by atoms with Gasteiger partial charge in [0.15, 0.2) is 0 Å². The van der Waals surface area contributed by atoms with Gasteiger partial charge in [-0.2, -0.15) is 13.2 Å². The number of hydrogen-bond acceptors (Lipinski definition) is 2. The summed E-state index contributed by atoms with van der Waals surface area (Å²) in [5.41, 5.74) is 3.54. The number of primary amides is 1. The second-order valence-electron chi connectivity index (χ2n) is 2.55. The van der Waals surface area contributed by atoms with Gasteiger partial charge >= 0.3 is 6.18 Å². The highest BCUT2D eigenvalue weighted by molar-refractivity contribution is 5.99. The number of aliphatic imine (C=N–C) groups is 1. The van der Waals surface area contributed by atoms with E-state index < -0.39 is 17.8 Å². The molecule has 0 fully saturated rings. The van der Waals surface area contributed by atoms with Gasteiger partial charge in [-0.1, -0.05) is 6.08 Å². The van der Waals surface area contributed by atoms with Crippen LogP contribution in [-0.4, -0.2) is 17.8 Å². The number of allylic oxidation sites excluding steroid dienone is 1. The van der Waals surface area contributed by atoms with E-state index in [0.29, 0.717) is 0 Å². The van der Waals surface area contributed by atoms with Gasteiger partial charge in [-0.25, -0.2) is 4.99 Å². The van der Waals surface area contributed by atoms with Crippen LogP contribution in [0.1, 0.15) is 12.8 Å². The number of halogens is 3. The van der Waals surface area contributed by atoms with Crippen molar-refractivity contribution in [3.05, 3.63) is 11.8 Å². The highest BCUT2D eigenvalue weighted by Gasteiger charge is 2.36. The van der Waals surface area contributed by atoms with Crippen molar-refractivity contribution in [2.75, 3.05) is 0 Å². The van der Waals surface area contributed by atoms with Crippen molar-refractivity contribution in [2.45, 2.75) is 19.0 Å². The molecule has 3 nitrogen and oxygen atoms in total. The van der Waals surface area contributed by atoms with Crippen LogP contribution >= 0.6 is 0 Å². The molecule has 0 unspecified atom stereocenters. The Hall–Kier alpha value is -1.33. The first-order valence-electron chi connectivity index (χ1n) is 3.56. The summed E-state index contributed by atoms with van der Waals surface area (Å²) in [6.45, 7) is 0. The van der Waals surface area contributed by atoms with E-state index in [1.807, 2.05) is 0 Å². The lowest BCUT2D eigenvalue weighted by Gasteiger charge is -2.13. The van der Waals surface area contributed by atoms with Crippen LogP contribution in [0.25, 0.3) is 0 Å². The molecule has 0 aromatic carbocycles. The average molecular weight is 192 g/mol. The maximum atomic E-state index is 12.1. The number of rotatable bonds is 1. The van der Waals surface area contributed by atoms with Crippen LogP contribution < -0.4 is 5.73 Å². The maximum Gasteiger partial charge on any atom is 0.429 e. The highest BCUT2D eigenvalue weighted by atomic mass is 19.4. The lowest BCUT2D eigenvalue weighted by molar-refractivity contribution is -0.114. The number of amides is 1. The van der Waals surface area contributed by atoms with E-state index in [2.05, 4.69) is 4.99 Å². The molecule has 0 radical (unpaired) electrons. The molecule has 0 saturated heterocycles. The van der Waals surface area contributed by atoms with Crippen molar-refractivity contribution in [3.63, 3.8) is 0 Å². The first-order valence-corrected chi connectivity index (χ1v) is 3.56. The molecule has 1 heterocycles. The molecule has 1 rings (SSSR count). The first-order chi connectivity index (χ1) is 5.91. The number of alkyl halides is 3. The topological polar surface area (TPSA) is 55.5 Å². The molecule has 0 aromatic heterocycles. The minimum atomic E-state index is -4.46. The fourth-order valence-electron chi connectivity index (χ4n) is 0.953. The zero-order chi connectivity index (χ0) is 10.1. The smallest absolute Gasteiger partial charge is 0.364 e. The molecule has 1 amide bonds. The summed E-state index contributed by atoms with van der Waals surface area (Å²) < 4.78 is 36.2. The van der Waals surface area contributed by atoms with Crippen molar-refractivity contribution < 1.29 is 18.0 Å². The summed E-state index contributed by atoms with van der Waals surface area (Å²) in [5.74, 6) is -0.929. The number of nitrogens with two attached hydrogens (primary N) is 1. The summed E-state index contributed by atoms with van der Waals surface area (Å²) in [6, 6.07) is 0. The maximum absolute atomic E-state index is 12.1. The molecule has 0 saturated carbocycles. The Balaban J connectivity index is 2.91. The molecule has 13 heavy (non-hydrogen) atoms. The Morgan fingerprint density at radius 1 is 1.54 bits per heavy atom. The Morgan fingerprint density at radius 2 is 2.15 bits per heavy atom. The van der Waals surface area contributed by atoms with Gasteiger partial charge in [0.1, 0.15) is 11.4 Å². The van der Waals surface area contributed by atoms with Gasteiger partial charge in [-0.15, -0.1) is 0 Å². The molecule has 1 aliphatic heterocycles. The molecule has 0 aliphatic carbocycles. The fourth-order valence-corrected chi connectivity index (χ4v) is 0.953. The Morgan fingerprint density at radius 3 is 2.62 bits per heavy atom. The summed E-state index contributed by atoms with van der Waals surface area (Å²) in [7, 11) is 0. The molecular weight excluding hydrogens is 185 g/mol. The number of nitrogens with zero attached hydrogens (tertiary/aromatic N) is 1. The van der Waals surface area contributed by atoms with Crippen LogP contribution in [-0.2, 0) is 4.79 Å².